The summed E-state index contributed by atoms with van der Waals surface area (Å²) in [5.74, 6) is 0.823. The van der Waals surface area contributed by atoms with Crippen LogP contribution in [-0.2, 0) is 10.0 Å². The Kier molecular flexibility index (Phi) is 6.52. The minimum absolute atomic E-state index is 0.0826. The molecule has 1 aliphatic heterocycles. The highest BCUT2D eigenvalue weighted by Crippen LogP contribution is 2.23. The molecule has 1 fully saturated rings. The van der Waals surface area contributed by atoms with Crippen molar-refractivity contribution in [2.45, 2.75) is 11.8 Å². The average molecular weight is 466 g/mol. The van der Waals surface area contributed by atoms with E-state index in [0.717, 1.165) is 0 Å². The lowest BCUT2D eigenvalue weighted by molar-refractivity contribution is 0.0697. The molecule has 0 unspecified atom stereocenters. The van der Waals surface area contributed by atoms with Crippen LogP contribution in [0.4, 0.5) is 0 Å². The number of carbonyl (C=O) groups is 2. The fourth-order valence-electron chi connectivity index (χ4n) is 3.55. The van der Waals surface area contributed by atoms with Crippen molar-refractivity contribution in [2.75, 3.05) is 26.2 Å². The smallest absolute Gasteiger partial charge is 0.253 e. The zero-order valence-electron chi connectivity index (χ0n) is 18.0. The zero-order valence-corrected chi connectivity index (χ0v) is 18.9. The van der Waals surface area contributed by atoms with E-state index in [1.54, 1.807) is 65.8 Å². The quantitative estimate of drug-likeness (QED) is 0.519. The minimum Gasteiger partial charge on any atom is -0.456 e. The maximum absolute atomic E-state index is 13.0. The monoisotopic (exact) mass is 465 g/mol. The van der Waals surface area contributed by atoms with Crippen LogP contribution >= 0.6 is 0 Å². The molecule has 0 atom stereocenters. The normalized spacial score (nSPS) is 14.6. The van der Waals surface area contributed by atoms with E-state index in [2.05, 4.69) is 4.98 Å². The van der Waals surface area contributed by atoms with E-state index in [0.29, 0.717) is 22.6 Å². The molecule has 33 heavy (non-hydrogen) atoms. The number of amides is 1. The summed E-state index contributed by atoms with van der Waals surface area (Å²) < 4.78 is 33.0. The summed E-state index contributed by atoms with van der Waals surface area (Å²) in [6, 6.07) is 16.4. The summed E-state index contributed by atoms with van der Waals surface area (Å²) in [5, 5.41) is 0. The van der Waals surface area contributed by atoms with Crippen molar-refractivity contribution in [3.63, 3.8) is 0 Å². The first-order valence-electron chi connectivity index (χ1n) is 10.4. The molecule has 9 heteroatoms. The molecule has 3 aromatic rings. The molecule has 0 saturated carbocycles. The molecule has 0 N–H and O–H groups in total. The van der Waals surface area contributed by atoms with E-state index in [9.17, 15) is 18.0 Å². The summed E-state index contributed by atoms with van der Waals surface area (Å²) in [6.45, 7) is 2.31. The lowest BCUT2D eigenvalue weighted by atomic mass is 10.2. The first-order chi connectivity index (χ1) is 15.8. The van der Waals surface area contributed by atoms with E-state index in [4.69, 9.17) is 4.74 Å². The van der Waals surface area contributed by atoms with Crippen molar-refractivity contribution >= 4 is 21.7 Å². The van der Waals surface area contributed by atoms with Gasteiger partial charge in [0.2, 0.25) is 10.0 Å². The van der Waals surface area contributed by atoms with Gasteiger partial charge in [0.15, 0.2) is 5.78 Å². The molecule has 1 aliphatic rings. The fraction of sp³-hybridized carbons (Fsp3) is 0.208. The molecular formula is C24H23N3O5S. The van der Waals surface area contributed by atoms with E-state index >= 15 is 0 Å². The Hall–Kier alpha value is -3.56. The Morgan fingerprint density at radius 1 is 0.879 bits per heavy atom. The number of rotatable bonds is 6. The molecule has 0 radical (unpaired) electrons. The molecule has 0 aliphatic carbocycles. The second kappa shape index (κ2) is 9.51. The van der Waals surface area contributed by atoms with Gasteiger partial charge >= 0.3 is 0 Å². The molecule has 2 aromatic carbocycles. The summed E-state index contributed by atoms with van der Waals surface area (Å²) >= 11 is 0. The minimum atomic E-state index is -3.75. The number of hydrogen-bond acceptors (Lipinski definition) is 6. The first-order valence-corrected chi connectivity index (χ1v) is 11.9. The van der Waals surface area contributed by atoms with Crippen LogP contribution in [0.1, 0.15) is 27.6 Å². The highest BCUT2D eigenvalue weighted by atomic mass is 32.2. The van der Waals surface area contributed by atoms with Gasteiger partial charge in [0.25, 0.3) is 5.91 Å². The predicted molar refractivity (Wildman–Crippen MR) is 122 cm³/mol. The van der Waals surface area contributed by atoms with Crippen molar-refractivity contribution in [1.29, 1.82) is 0 Å². The van der Waals surface area contributed by atoms with Crippen LogP contribution in [0.15, 0.2) is 78.0 Å². The number of ketones is 1. The second-order valence-electron chi connectivity index (χ2n) is 7.60. The number of aromatic nitrogens is 1. The van der Waals surface area contributed by atoms with Gasteiger partial charge < -0.3 is 9.64 Å². The fourth-order valence-corrected chi connectivity index (χ4v) is 5.02. The highest BCUT2D eigenvalue weighted by molar-refractivity contribution is 7.89. The van der Waals surface area contributed by atoms with E-state index in [1.165, 1.54) is 23.4 Å². The number of piperazine rings is 1. The van der Waals surface area contributed by atoms with Gasteiger partial charge in [-0.25, -0.2) is 8.42 Å². The molecule has 1 saturated heterocycles. The van der Waals surface area contributed by atoms with Crippen LogP contribution in [-0.4, -0.2) is 60.5 Å². The SMILES string of the molecule is CC(=O)c1cccc(S(=O)(=O)N2CCN(C(=O)c3ccc(Oc4cccnc4)cc3)CC2)c1. The topological polar surface area (TPSA) is 96.9 Å². The van der Waals surface area contributed by atoms with Gasteiger partial charge in [-0.05, 0) is 55.5 Å². The summed E-state index contributed by atoms with van der Waals surface area (Å²) in [7, 11) is -3.75. The largest absolute Gasteiger partial charge is 0.456 e. The Bertz CT molecular complexity index is 1250. The van der Waals surface area contributed by atoms with E-state index in [-0.39, 0.29) is 42.8 Å². The van der Waals surface area contributed by atoms with Crippen molar-refractivity contribution in [3.05, 3.63) is 84.2 Å². The number of hydrogen-bond donors (Lipinski definition) is 0. The van der Waals surface area contributed by atoms with Crippen LogP contribution in [0.25, 0.3) is 0 Å². The molecule has 8 nitrogen and oxygen atoms in total. The highest BCUT2D eigenvalue weighted by Gasteiger charge is 2.30. The Morgan fingerprint density at radius 2 is 1.61 bits per heavy atom. The zero-order chi connectivity index (χ0) is 23.4. The van der Waals surface area contributed by atoms with Gasteiger partial charge in [-0.15, -0.1) is 0 Å². The number of ether oxygens (including phenoxy) is 1. The maximum Gasteiger partial charge on any atom is 0.253 e. The molecule has 2 heterocycles. The summed E-state index contributed by atoms with van der Waals surface area (Å²) in [4.78, 5) is 30.2. The number of carbonyl (C=O) groups excluding carboxylic acids is 2. The van der Waals surface area contributed by atoms with Crippen LogP contribution in [0, 0.1) is 0 Å². The van der Waals surface area contributed by atoms with E-state index in [1.807, 2.05) is 0 Å². The van der Waals surface area contributed by atoms with Crippen molar-refractivity contribution in [3.8, 4) is 11.5 Å². The van der Waals surface area contributed by atoms with Crippen molar-refractivity contribution in [1.82, 2.24) is 14.2 Å². The van der Waals surface area contributed by atoms with Gasteiger partial charge in [-0.3, -0.25) is 14.6 Å². The Labute approximate surface area is 192 Å². The third-order valence-electron chi connectivity index (χ3n) is 5.38. The average Bonchev–Trinajstić information content (AvgIpc) is 2.85. The number of pyridine rings is 1. The van der Waals surface area contributed by atoms with Crippen LogP contribution < -0.4 is 4.74 Å². The first kappa shape index (κ1) is 22.6. The molecule has 0 spiro atoms. The molecule has 1 amide bonds. The van der Waals surface area contributed by atoms with Crippen LogP contribution in [0.5, 0.6) is 11.5 Å². The summed E-state index contributed by atoms with van der Waals surface area (Å²) in [6.07, 6.45) is 3.26. The van der Waals surface area contributed by atoms with Crippen molar-refractivity contribution in [2.24, 2.45) is 0 Å². The molecule has 170 valence electrons. The lowest BCUT2D eigenvalue weighted by Gasteiger charge is -2.34. The van der Waals surface area contributed by atoms with Gasteiger partial charge in [0, 0.05) is 43.5 Å². The molecule has 1 aromatic heterocycles. The predicted octanol–water partition coefficient (Wildman–Crippen LogP) is 3.22. The Morgan fingerprint density at radius 3 is 2.24 bits per heavy atom. The second-order valence-corrected chi connectivity index (χ2v) is 9.53. The van der Waals surface area contributed by atoms with Gasteiger partial charge in [-0.2, -0.15) is 4.31 Å². The molecule has 0 bridgehead atoms. The standard InChI is InChI=1S/C24H23N3O5S/c1-18(28)20-4-2-6-23(16-20)33(30,31)27-14-12-26(13-15-27)24(29)19-7-9-21(10-8-19)32-22-5-3-11-25-17-22/h2-11,16-17H,12-15H2,1H3. The third-order valence-corrected chi connectivity index (χ3v) is 7.27. The van der Waals surface area contributed by atoms with Gasteiger partial charge in [0.05, 0.1) is 11.1 Å². The Balaban J connectivity index is 1.39. The number of benzene rings is 2. The third kappa shape index (κ3) is 5.10. The van der Waals surface area contributed by atoms with Crippen LogP contribution in [0.3, 0.4) is 0 Å². The van der Waals surface area contributed by atoms with Gasteiger partial charge in [0.1, 0.15) is 11.5 Å². The lowest BCUT2D eigenvalue weighted by Crippen LogP contribution is -2.50. The maximum atomic E-state index is 13.0. The molecule has 4 rings (SSSR count). The van der Waals surface area contributed by atoms with Crippen LogP contribution in [0.2, 0.25) is 0 Å². The number of Topliss-reactive ketones (excluding diaryl/α,β-unsaturated/α-hetero) is 1. The van der Waals surface area contributed by atoms with Crippen molar-refractivity contribution < 1.29 is 22.7 Å². The van der Waals surface area contributed by atoms with Gasteiger partial charge in [-0.1, -0.05) is 12.1 Å². The summed E-state index contributed by atoms with van der Waals surface area (Å²) in [5.41, 5.74) is 0.847. The van der Waals surface area contributed by atoms with E-state index < -0.39 is 10.0 Å². The number of nitrogens with zero attached hydrogens (tertiary/aromatic N) is 3. The molecular weight excluding hydrogens is 442 g/mol. The number of sulfonamides is 1.